The maximum Gasteiger partial charge on any atom is 0.411 e. The number of carbonyl (C=O) groups is 1. The second-order valence-corrected chi connectivity index (χ2v) is 5.85. The van der Waals surface area contributed by atoms with Crippen LogP contribution >= 0.6 is 0 Å². The number of rotatable bonds is 2. The van der Waals surface area contributed by atoms with Crippen molar-refractivity contribution >= 4 is 6.09 Å². The zero-order valence-electron chi connectivity index (χ0n) is 11.9. The first-order valence-corrected chi connectivity index (χ1v) is 6.45. The van der Waals surface area contributed by atoms with E-state index in [4.69, 9.17) is 11.2 Å². The van der Waals surface area contributed by atoms with Crippen LogP contribution in [0.4, 0.5) is 4.79 Å². The van der Waals surface area contributed by atoms with E-state index in [0.29, 0.717) is 6.54 Å². The van der Waals surface area contributed by atoms with Crippen LogP contribution in [0.3, 0.4) is 0 Å². The van der Waals surface area contributed by atoms with E-state index in [1.807, 2.05) is 20.8 Å². The summed E-state index contributed by atoms with van der Waals surface area (Å²) in [5.74, 6) is 2.55. The molecule has 0 bridgehead atoms. The number of piperidine rings is 1. The van der Waals surface area contributed by atoms with Crippen molar-refractivity contribution in [2.24, 2.45) is 0 Å². The molecule has 1 aliphatic heterocycles. The van der Waals surface area contributed by atoms with Gasteiger partial charge in [0.15, 0.2) is 0 Å². The van der Waals surface area contributed by atoms with Gasteiger partial charge >= 0.3 is 6.09 Å². The largest absolute Gasteiger partial charge is 0.444 e. The van der Waals surface area contributed by atoms with Crippen LogP contribution in [0.2, 0.25) is 0 Å². The Morgan fingerprint density at radius 1 is 1.44 bits per heavy atom. The number of ether oxygens (including phenoxy) is 1. The molecule has 1 amide bonds. The Balaban J connectivity index is 2.65. The molecule has 1 aliphatic rings. The molecule has 0 unspecified atom stereocenters. The molecule has 4 nitrogen and oxygen atoms in total. The summed E-state index contributed by atoms with van der Waals surface area (Å²) in [4.78, 5) is 16.1. The number of terminal acetylenes is 1. The summed E-state index contributed by atoms with van der Waals surface area (Å²) in [6.07, 6.45) is 6.97. The lowest BCUT2D eigenvalue weighted by Gasteiger charge is -2.37. The van der Waals surface area contributed by atoms with Gasteiger partial charge in [0.05, 0.1) is 6.54 Å². The molecule has 0 atom stereocenters. The Bertz CT molecular complexity index is 320. The SMILES string of the molecule is C#CCN(C(=O)OC(C)(C)C)C1CCN(C)CC1. The lowest BCUT2D eigenvalue weighted by atomic mass is 10.0. The summed E-state index contributed by atoms with van der Waals surface area (Å²) in [6.45, 7) is 7.92. The predicted octanol–water partition coefficient (Wildman–Crippen LogP) is 1.95. The van der Waals surface area contributed by atoms with Gasteiger partial charge in [0.1, 0.15) is 5.60 Å². The molecule has 0 saturated carbocycles. The van der Waals surface area contributed by atoms with Crippen molar-refractivity contribution in [2.45, 2.75) is 45.3 Å². The first-order chi connectivity index (χ1) is 8.33. The predicted molar refractivity (Wildman–Crippen MR) is 72.3 cm³/mol. The smallest absolute Gasteiger partial charge is 0.411 e. The van der Waals surface area contributed by atoms with Crippen molar-refractivity contribution < 1.29 is 9.53 Å². The fraction of sp³-hybridized carbons (Fsp3) is 0.786. The number of nitrogens with zero attached hydrogens (tertiary/aromatic N) is 2. The van der Waals surface area contributed by atoms with Crippen LogP contribution < -0.4 is 0 Å². The summed E-state index contributed by atoms with van der Waals surface area (Å²) in [7, 11) is 2.09. The molecule has 0 aromatic heterocycles. The highest BCUT2D eigenvalue weighted by atomic mass is 16.6. The zero-order chi connectivity index (χ0) is 13.8. The maximum absolute atomic E-state index is 12.1. The van der Waals surface area contributed by atoms with E-state index in [0.717, 1.165) is 25.9 Å². The molecule has 4 heteroatoms. The van der Waals surface area contributed by atoms with Crippen LogP contribution in [0, 0.1) is 12.3 Å². The number of hydrogen-bond acceptors (Lipinski definition) is 3. The third-order valence-corrected chi connectivity index (χ3v) is 3.02. The van der Waals surface area contributed by atoms with Gasteiger partial charge in [0.25, 0.3) is 0 Å². The van der Waals surface area contributed by atoms with Gasteiger partial charge in [-0.05, 0) is 53.8 Å². The van der Waals surface area contributed by atoms with Gasteiger partial charge in [0.2, 0.25) is 0 Å². The van der Waals surface area contributed by atoms with Crippen molar-refractivity contribution in [2.75, 3.05) is 26.7 Å². The summed E-state index contributed by atoms with van der Waals surface area (Å²) in [5.41, 5.74) is -0.477. The van der Waals surface area contributed by atoms with E-state index in [9.17, 15) is 4.79 Å². The Kier molecular flexibility index (Phi) is 5.03. The maximum atomic E-state index is 12.1. The first-order valence-electron chi connectivity index (χ1n) is 6.45. The molecule has 0 radical (unpaired) electrons. The molecule has 0 spiro atoms. The fourth-order valence-electron chi connectivity index (χ4n) is 2.07. The normalized spacial score (nSPS) is 18.2. The minimum Gasteiger partial charge on any atom is -0.444 e. The van der Waals surface area contributed by atoms with Crippen LogP contribution in [0.25, 0.3) is 0 Å². The van der Waals surface area contributed by atoms with Crippen LogP contribution in [0.15, 0.2) is 0 Å². The second-order valence-electron chi connectivity index (χ2n) is 5.85. The molecular weight excluding hydrogens is 228 g/mol. The van der Waals surface area contributed by atoms with E-state index in [1.54, 1.807) is 4.90 Å². The molecule has 0 aromatic rings. The third-order valence-electron chi connectivity index (χ3n) is 3.02. The molecule has 18 heavy (non-hydrogen) atoms. The summed E-state index contributed by atoms with van der Waals surface area (Å²) >= 11 is 0. The minimum atomic E-state index is -0.477. The van der Waals surface area contributed by atoms with Gasteiger partial charge in [-0.15, -0.1) is 6.42 Å². The van der Waals surface area contributed by atoms with E-state index < -0.39 is 5.60 Å². The Hall–Kier alpha value is -1.21. The van der Waals surface area contributed by atoms with E-state index in [2.05, 4.69) is 17.9 Å². The second kappa shape index (κ2) is 6.10. The summed E-state index contributed by atoms with van der Waals surface area (Å²) in [6, 6.07) is 0.201. The van der Waals surface area contributed by atoms with Crippen molar-refractivity contribution in [1.82, 2.24) is 9.80 Å². The first kappa shape index (κ1) is 14.8. The Morgan fingerprint density at radius 2 is 2.00 bits per heavy atom. The average Bonchev–Trinajstić information content (AvgIpc) is 2.25. The van der Waals surface area contributed by atoms with E-state index >= 15 is 0 Å². The topological polar surface area (TPSA) is 32.8 Å². The number of carbonyl (C=O) groups excluding carboxylic acids is 1. The van der Waals surface area contributed by atoms with Gasteiger partial charge < -0.3 is 9.64 Å². The average molecular weight is 252 g/mol. The molecule has 0 aliphatic carbocycles. The zero-order valence-corrected chi connectivity index (χ0v) is 11.9. The molecule has 0 N–H and O–H groups in total. The van der Waals surface area contributed by atoms with E-state index in [1.165, 1.54) is 0 Å². The molecule has 1 heterocycles. The standard InChI is InChI=1S/C14H24N2O2/c1-6-9-16(13(17)18-14(2,3)4)12-7-10-15(5)11-8-12/h1,12H,7-11H2,2-5H3. The molecule has 102 valence electrons. The van der Waals surface area contributed by atoms with Crippen LogP contribution in [0.1, 0.15) is 33.6 Å². The van der Waals surface area contributed by atoms with Crippen LogP contribution in [0.5, 0.6) is 0 Å². The molecule has 1 fully saturated rings. The van der Waals surface area contributed by atoms with Crippen molar-refractivity contribution in [1.29, 1.82) is 0 Å². The minimum absolute atomic E-state index is 0.201. The highest BCUT2D eigenvalue weighted by Crippen LogP contribution is 2.18. The summed E-state index contributed by atoms with van der Waals surface area (Å²) < 4.78 is 5.41. The summed E-state index contributed by atoms with van der Waals surface area (Å²) in [5, 5.41) is 0. The lowest BCUT2D eigenvalue weighted by molar-refractivity contribution is 0.0129. The fourth-order valence-corrected chi connectivity index (χ4v) is 2.07. The highest BCUT2D eigenvalue weighted by Gasteiger charge is 2.29. The number of likely N-dealkylation sites (tertiary alicyclic amines) is 1. The van der Waals surface area contributed by atoms with Gasteiger partial charge in [-0.25, -0.2) is 4.79 Å². The Labute approximate surface area is 110 Å². The van der Waals surface area contributed by atoms with Gasteiger partial charge in [-0.2, -0.15) is 0 Å². The van der Waals surface area contributed by atoms with Crippen LogP contribution in [-0.4, -0.2) is 54.2 Å². The monoisotopic (exact) mass is 252 g/mol. The highest BCUT2D eigenvalue weighted by molar-refractivity contribution is 5.69. The Morgan fingerprint density at radius 3 is 2.44 bits per heavy atom. The molecular formula is C14H24N2O2. The van der Waals surface area contributed by atoms with Crippen molar-refractivity contribution in [3.05, 3.63) is 0 Å². The van der Waals surface area contributed by atoms with Crippen molar-refractivity contribution in [3.63, 3.8) is 0 Å². The number of hydrogen-bond donors (Lipinski definition) is 0. The molecule has 1 saturated heterocycles. The van der Waals surface area contributed by atoms with Gasteiger partial charge in [-0.1, -0.05) is 5.92 Å². The van der Waals surface area contributed by atoms with Gasteiger partial charge in [-0.3, -0.25) is 4.90 Å². The lowest BCUT2D eigenvalue weighted by Crippen LogP contribution is -2.48. The van der Waals surface area contributed by atoms with Crippen molar-refractivity contribution in [3.8, 4) is 12.3 Å². The van der Waals surface area contributed by atoms with E-state index in [-0.39, 0.29) is 12.1 Å². The molecule has 0 aromatic carbocycles. The quantitative estimate of drug-likeness (QED) is 0.704. The number of amides is 1. The van der Waals surface area contributed by atoms with Crippen LogP contribution in [-0.2, 0) is 4.74 Å². The third kappa shape index (κ3) is 4.58. The molecule has 1 rings (SSSR count). The van der Waals surface area contributed by atoms with Gasteiger partial charge in [0, 0.05) is 6.04 Å².